The second-order valence-electron chi connectivity index (χ2n) is 5.47. The van der Waals surface area contributed by atoms with Crippen LogP contribution in [0.5, 0.6) is 0 Å². The average molecular weight is 277 g/mol. The van der Waals surface area contributed by atoms with Gasteiger partial charge in [-0.05, 0) is 46.0 Å². The molecule has 2 heterocycles. The number of hydrogen-bond donors (Lipinski definition) is 2. The van der Waals surface area contributed by atoms with Crippen molar-refractivity contribution in [2.75, 3.05) is 31.6 Å². The molecule has 6 nitrogen and oxygen atoms in total. The summed E-state index contributed by atoms with van der Waals surface area (Å²) in [6.45, 7) is 7.11. The van der Waals surface area contributed by atoms with Gasteiger partial charge in [-0.15, -0.1) is 0 Å². The van der Waals surface area contributed by atoms with Crippen LogP contribution < -0.4 is 10.6 Å². The molecule has 1 saturated heterocycles. The van der Waals surface area contributed by atoms with Crippen molar-refractivity contribution in [1.29, 1.82) is 0 Å². The second-order valence-corrected chi connectivity index (χ2v) is 5.47. The van der Waals surface area contributed by atoms with Crippen molar-refractivity contribution in [3.63, 3.8) is 0 Å². The Kier molecular flexibility index (Phi) is 4.44. The Morgan fingerprint density at radius 2 is 2.20 bits per heavy atom. The molecule has 1 fully saturated rings. The van der Waals surface area contributed by atoms with Crippen LogP contribution in [0.3, 0.4) is 0 Å². The standard InChI is InChI=1S/C14H23N5O/c1-10-5-6-12(13(15)17-20)14(16-10)19-8-4-7-18(3)9-11(19)2/h5-6,11,20H,4,7-9H2,1-3H3,(H2,15,17). The zero-order valence-electron chi connectivity index (χ0n) is 12.4. The first-order valence-electron chi connectivity index (χ1n) is 6.93. The molecule has 0 saturated carbocycles. The van der Waals surface area contributed by atoms with Crippen LogP contribution in [0.1, 0.15) is 24.6 Å². The average Bonchev–Trinajstić information content (AvgIpc) is 2.58. The Morgan fingerprint density at radius 3 is 2.90 bits per heavy atom. The van der Waals surface area contributed by atoms with Crippen LogP contribution in [0.15, 0.2) is 17.3 Å². The van der Waals surface area contributed by atoms with E-state index in [0.29, 0.717) is 11.6 Å². The normalized spacial score (nSPS) is 21.9. The monoisotopic (exact) mass is 277 g/mol. The van der Waals surface area contributed by atoms with Crippen LogP contribution in [0.4, 0.5) is 5.82 Å². The first-order valence-corrected chi connectivity index (χ1v) is 6.93. The third kappa shape index (κ3) is 3.01. The highest BCUT2D eigenvalue weighted by Gasteiger charge is 2.24. The van der Waals surface area contributed by atoms with Crippen molar-refractivity contribution in [2.45, 2.75) is 26.3 Å². The van der Waals surface area contributed by atoms with Gasteiger partial charge in [0.25, 0.3) is 0 Å². The number of hydrogen-bond acceptors (Lipinski definition) is 5. The fourth-order valence-electron chi connectivity index (χ4n) is 2.70. The van der Waals surface area contributed by atoms with Crippen molar-refractivity contribution < 1.29 is 5.21 Å². The van der Waals surface area contributed by atoms with E-state index >= 15 is 0 Å². The van der Waals surface area contributed by atoms with E-state index in [1.807, 2.05) is 19.1 Å². The molecule has 0 amide bonds. The second kappa shape index (κ2) is 6.09. The molecule has 1 aliphatic rings. The Balaban J connectivity index is 2.42. The van der Waals surface area contributed by atoms with Gasteiger partial charge in [0.15, 0.2) is 5.84 Å². The van der Waals surface area contributed by atoms with E-state index < -0.39 is 0 Å². The lowest BCUT2D eigenvalue weighted by Crippen LogP contribution is -2.39. The molecule has 0 bridgehead atoms. The van der Waals surface area contributed by atoms with Crippen LogP contribution in [-0.4, -0.2) is 53.7 Å². The van der Waals surface area contributed by atoms with E-state index in [1.54, 1.807) is 0 Å². The van der Waals surface area contributed by atoms with Gasteiger partial charge in [0, 0.05) is 24.8 Å². The van der Waals surface area contributed by atoms with Crippen LogP contribution in [0.2, 0.25) is 0 Å². The summed E-state index contributed by atoms with van der Waals surface area (Å²) >= 11 is 0. The first kappa shape index (κ1) is 14.6. The largest absolute Gasteiger partial charge is 0.409 e. The lowest BCUT2D eigenvalue weighted by atomic mass is 10.1. The van der Waals surface area contributed by atoms with Gasteiger partial charge in [-0.2, -0.15) is 0 Å². The summed E-state index contributed by atoms with van der Waals surface area (Å²) in [5.41, 5.74) is 7.41. The summed E-state index contributed by atoms with van der Waals surface area (Å²) in [6.07, 6.45) is 1.08. The maximum absolute atomic E-state index is 8.95. The van der Waals surface area contributed by atoms with Crippen LogP contribution in [-0.2, 0) is 0 Å². The van der Waals surface area contributed by atoms with E-state index in [1.165, 1.54) is 0 Å². The zero-order valence-corrected chi connectivity index (χ0v) is 12.4. The van der Waals surface area contributed by atoms with Gasteiger partial charge in [-0.3, -0.25) is 0 Å². The maximum atomic E-state index is 8.95. The number of aryl methyl sites for hydroxylation is 1. The SMILES string of the molecule is Cc1ccc(/C(N)=N/O)c(N2CCCN(C)CC2C)n1. The summed E-state index contributed by atoms with van der Waals surface area (Å²) in [5.74, 6) is 0.917. The Hall–Kier alpha value is -1.82. The zero-order chi connectivity index (χ0) is 14.7. The van der Waals surface area contributed by atoms with Gasteiger partial charge in [0.2, 0.25) is 0 Å². The number of aromatic nitrogens is 1. The molecule has 110 valence electrons. The third-order valence-corrected chi connectivity index (χ3v) is 3.72. The highest BCUT2D eigenvalue weighted by atomic mass is 16.4. The Morgan fingerprint density at radius 1 is 1.45 bits per heavy atom. The molecule has 1 unspecified atom stereocenters. The molecule has 0 spiro atoms. The van der Waals surface area contributed by atoms with Crippen molar-refractivity contribution in [1.82, 2.24) is 9.88 Å². The van der Waals surface area contributed by atoms with Crippen molar-refractivity contribution in [3.8, 4) is 0 Å². The van der Waals surface area contributed by atoms with E-state index in [9.17, 15) is 0 Å². The van der Waals surface area contributed by atoms with E-state index in [4.69, 9.17) is 10.9 Å². The number of nitrogens with two attached hydrogens (primary N) is 1. The number of anilines is 1. The number of oxime groups is 1. The summed E-state index contributed by atoms with van der Waals surface area (Å²) in [4.78, 5) is 9.20. The van der Waals surface area contributed by atoms with Gasteiger partial charge in [0.1, 0.15) is 5.82 Å². The molecule has 20 heavy (non-hydrogen) atoms. The smallest absolute Gasteiger partial charge is 0.173 e. The van der Waals surface area contributed by atoms with Gasteiger partial charge in [0.05, 0.1) is 5.56 Å². The van der Waals surface area contributed by atoms with E-state index in [-0.39, 0.29) is 5.84 Å². The van der Waals surface area contributed by atoms with Crippen molar-refractivity contribution in [3.05, 3.63) is 23.4 Å². The van der Waals surface area contributed by atoms with E-state index in [0.717, 1.165) is 37.6 Å². The highest BCUT2D eigenvalue weighted by Crippen LogP contribution is 2.23. The fraction of sp³-hybridized carbons (Fsp3) is 0.571. The van der Waals surface area contributed by atoms with Gasteiger partial charge >= 0.3 is 0 Å². The molecule has 6 heteroatoms. The number of rotatable bonds is 2. The predicted molar refractivity (Wildman–Crippen MR) is 80.4 cm³/mol. The molecular formula is C14H23N5O. The van der Waals surface area contributed by atoms with Gasteiger partial charge < -0.3 is 20.7 Å². The summed E-state index contributed by atoms with van der Waals surface area (Å²) in [5, 5.41) is 12.1. The molecular weight excluding hydrogens is 254 g/mol. The Labute approximate surface area is 119 Å². The summed E-state index contributed by atoms with van der Waals surface area (Å²) in [7, 11) is 2.13. The first-order chi connectivity index (χ1) is 9.52. The number of amidine groups is 1. The van der Waals surface area contributed by atoms with Gasteiger partial charge in [-0.1, -0.05) is 5.16 Å². The molecule has 1 aliphatic heterocycles. The number of nitrogens with zero attached hydrogens (tertiary/aromatic N) is 4. The molecule has 1 aromatic rings. The molecule has 0 aliphatic carbocycles. The quantitative estimate of drug-likeness (QED) is 0.365. The fourth-order valence-corrected chi connectivity index (χ4v) is 2.70. The molecule has 3 N–H and O–H groups in total. The van der Waals surface area contributed by atoms with Crippen LogP contribution in [0, 0.1) is 6.92 Å². The lowest BCUT2D eigenvalue weighted by molar-refractivity contribution is 0.318. The summed E-state index contributed by atoms with van der Waals surface area (Å²) < 4.78 is 0. The van der Waals surface area contributed by atoms with Crippen molar-refractivity contribution >= 4 is 11.7 Å². The molecule has 2 rings (SSSR count). The van der Waals surface area contributed by atoms with Gasteiger partial charge in [-0.25, -0.2) is 4.98 Å². The number of pyridine rings is 1. The molecule has 0 aromatic carbocycles. The molecule has 1 aromatic heterocycles. The third-order valence-electron chi connectivity index (χ3n) is 3.72. The topological polar surface area (TPSA) is 78.0 Å². The Bertz CT molecular complexity index is 502. The minimum Gasteiger partial charge on any atom is -0.409 e. The number of likely N-dealkylation sites (N-methyl/N-ethyl adjacent to an activating group) is 1. The minimum absolute atomic E-state index is 0.109. The van der Waals surface area contributed by atoms with E-state index in [2.05, 4.69) is 33.9 Å². The predicted octanol–water partition coefficient (Wildman–Crippen LogP) is 1.01. The van der Waals surface area contributed by atoms with Crippen molar-refractivity contribution in [2.24, 2.45) is 10.9 Å². The molecule has 1 atom stereocenters. The van der Waals surface area contributed by atoms with Crippen LogP contribution >= 0.6 is 0 Å². The molecule has 0 radical (unpaired) electrons. The minimum atomic E-state index is 0.109. The van der Waals surface area contributed by atoms with Crippen LogP contribution in [0.25, 0.3) is 0 Å². The summed E-state index contributed by atoms with van der Waals surface area (Å²) in [6, 6.07) is 4.08. The lowest BCUT2D eigenvalue weighted by Gasteiger charge is -2.30. The highest BCUT2D eigenvalue weighted by molar-refractivity contribution is 6.01. The maximum Gasteiger partial charge on any atom is 0.173 e.